The Hall–Kier alpha value is -3.02. The van der Waals surface area contributed by atoms with Gasteiger partial charge in [-0.15, -0.1) is 0 Å². The molecule has 0 radical (unpaired) electrons. The van der Waals surface area contributed by atoms with Crippen molar-refractivity contribution in [2.75, 3.05) is 19.0 Å². The summed E-state index contributed by atoms with van der Waals surface area (Å²) < 4.78 is 10.9. The molecule has 3 rings (SSSR count). The highest BCUT2D eigenvalue weighted by Gasteiger charge is 2.27. The third-order valence-electron chi connectivity index (χ3n) is 4.05. The summed E-state index contributed by atoms with van der Waals surface area (Å²) in [5.74, 6) is 0.745. The molecule has 0 spiro atoms. The Labute approximate surface area is 146 Å². The van der Waals surface area contributed by atoms with E-state index in [4.69, 9.17) is 9.47 Å². The smallest absolute Gasteiger partial charge is 0.265 e. The normalized spacial score (nSPS) is 15.6. The second kappa shape index (κ2) is 7.25. The average molecular weight is 340 g/mol. The van der Waals surface area contributed by atoms with E-state index < -0.39 is 6.10 Å². The lowest BCUT2D eigenvalue weighted by Gasteiger charge is -2.25. The predicted octanol–water partition coefficient (Wildman–Crippen LogP) is 2.39. The van der Waals surface area contributed by atoms with Crippen LogP contribution in [0, 0.1) is 0 Å². The van der Waals surface area contributed by atoms with E-state index in [0.717, 1.165) is 11.3 Å². The summed E-state index contributed by atoms with van der Waals surface area (Å²) in [6.07, 6.45) is 0.0220. The summed E-state index contributed by atoms with van der Waals surface area (Å²) in [6, 6.07) is 12.8. The molecule has 0 fully saturated rings. The number of fused-ring (bicyclic) bond motifs is 1. The molecule has 2 amide bonds. The third-order valence-corrected chi connectivity index (χ3v) is 4.05. The maximum absolute atomic E-state index is 12.5. The molecule has 1 aliphatic rings. The summed E-state index contributed by atoms with van der Waals surface area (Å²) in [5, 5.41) is 5.63. The van der Waals surface area contributed by atoms with Crippen molar-refractivity contribution in [1.82, 2.24) is 5.32 Å². The van der Waals surface area contributed by atoms with Crippen molar-refractivity contribution in [1.29, 1.82) is 0 Å². The number of benzene rings is 2. The average Bonchev–Trinajstić information content (AvgIpc) is 2.62. The number of carbonyl (C=O) groups excluding carboxylic acids is 2. The first-order valence-corrected chi connectivity index (χ1v) is 8.10. The summed E-state index contributed by atoms with van der Waals surface area (Å²) >= 11 is 0. The summed E-state index contributed by atoms with van der Waals surface area (Å²) in [4.78, 5) is 24.2. The van der Waals surface area contributed by atoms with Gasteiger partial charge >= 0.3 is 0 Å². The number of para-hydroxylation sites is 2. The first-order valence-electron chi connectivity index (χ1n) is 8.10. The van der Waals surface area contributed by atoms with Crippen molar-refractivity contribution >= 4 is 17.5 Å². The Morgan fingerprint density at radius 3 is 2.84 bits per heavy atom. The van der Waals surface area contributed by atoms with Gasteiger partial charge in [0.2, 0.25) is 0 Å². The Bertz CT molecular complexity index is 804. The Morgan fingerprint density at radius 1 is 1.24 bits per heavy atom. The van der Waals surface area contributed by atoms with Crippen molar-refractivity contribution < 1.29 is 19.1 Å². The molecule has 2 aromatic rings. The van der Waals surface area contributed by atoms with Crippen molar-refractivity contribution in [2.24, 2.45) is 0 Å². The number of nitrogens with one attached hydrogen (secondary N) is 2. The highest BCUT2D eigenvalue weighted by atomic mass is 16.5. The molecule has 25 heavy (non-hydrogen) atoms. The van der Waals surface area contributed by atoms with Crippen LogP contribution >= 0.6 is 0 Å². The number of hydrogen-bond acceptors (Lipinski definition) is 4. The van der Waals surface area contributed by atoms with E-state index in [-0.39, 0.29) is 11.8 Å². The molecule has 0 bridgehead atoms. The largest absolute Gasteiger partial charge is 0.496 e. The van der Waals surface area contributed by atoms with Crippen LogP contribution in [0.2, 0.25) is 0 Å². The number of hydrogen-bond donors (Lipinski definition) is 2. The van der Waals surface area contributed by atoms with Crippen molar-refractivity contribution in [3.63, 3.8) is 0 Å². The number of carbonyl (C=O) groups is 2. The minimum Gasteiger partial charge on any atom is -0.496 e. The Morgan fingerprint density at radius 2 is 2.04 bits per heavy atom. The van der Waals surface area contributed by atoms with Crippen LogP contribution in [0.3, 0.4) is 0 Å². The van der Waals surface area contributed by atoms with Gasteiger partial charge < -0.3 is 20.1 Å². The monoisotopic (exact) mass is 340 g/mol. The second-order valence-electron chi connectivity index (χ2n) is 5.75. The van der Waals surface area contributed by atoms with Gasteiger partial charge in [-0.2, -0.15) is 0 Å². The van der Waals surface area contributed by atoms with Crippen LogP contribution in [0.4, 0.5) is 5.69 Å². The van der Waals surface area contributed by atoms with E-state index in [0.29, 0.717) is 30.0 Å². The fourth-order valence-electron chi connectivity index (χ4n) is 2.72. The fourth-order valence-corrected chi connectivity index (χ4v) is 2.72. The van der Waals surface area contributed by atoms with Crippen LogP contribution in [0.15, 0.2) is 42.5 Å². The van der Waals surface area contributed by atoms with Crippen LogP contribution in [0.25, 0.3) is 0 Å². The van der Waals surface area contributed by atoms with E-state index in [1.165, 1.54) is 0 Å². The number of anilines is 1. The predicted molar refractivity (Wildman–Crippen MR) is 94.2 cm³/mol. The molecular weight excluding hydrogens is 320 g/mol. The first-order chi connectivity index (χ1) is 12.1. The van der Waals surface area contributed by atoms with Gasteiger partial charge in [0, 0.05) is 6.54 Å². The zero-order valence-corrected chi connectivity index (χ0v) is 14.2. The topological polar surface area (TPSA) is 76.7 Å². The van der Waals surface area contributed by atoms with Crippen LogP contribution in [-0.2, 0) is 11.2 Å². The number of rotatable bonds is 5. The molecule has 2 aromatic carbocycles. The summed E-state index contributed by atoms with van der Waals surface area (Å²) in [7, 11) is 1.63. The highest BCUT2D eigenvalue weighted by Crippen LogP contribution is 2.33. The Kier molecular flexibility index (Phi) is 4.88. The molecule has 0 saturated carbocycles. The van der Waals surface area contributed by atoms with Gasteiger partial charge in [-0.3, -0.25) is 9.59 Å². The SMILES string of the molecule is COc1ccccc1CCNC(=O)c1cccc2c1OC(C)C(=O)N2. The lowest BCUT2D eigenvalue weighted by molar-refractivity contribution is -0.122. The maximum atomic E-state index is 12.5. The summed E-state index contributed by atoms with van der Waals surface area (Å²) in [6.45, 7) is 2.11. The number of ether oxygens (including phenoxy) is 2. The molecule has 1 aliphatic heterocycles. The van der Waals surface area contributed by atoms with Crippen LogP contribution in [0.1, 0.15) is 22.8 Å². The highest BCUT2D eigenvalue weighted by molar-refractivity contribution is 6.03. The van der Waals surface area contributed by atoms with Crippen molar-refractivity contribution in [3.8, 4) is 11.5 Å². The van der Waals surface area contributed by atoms with Crippen LogP contribution in [-0.4, -0.2) is 31.6 Å². The van der Waals surface area contributed by atoms with Gasteiger partial charge in [-0.1, -0.05) is 24.3 Å². The van der Waals surface area contributed by atoms with Gasteiger partial charge in [0.1, 0.15) is 5.75 Å². The summed E-state index contributed by atoms with van der Waals surface area (Å²) in [5.41, 5.74) is 1.95. The van der Waals surface area contributed by atoms with E-state index in [9.17, 15) is 9.59 Å². The minimum absolute atomic E-state index is 0.221. The zero-order chi connectivity index (χ0) is 17.8. The molecule has 6 heteroatoms. The van der Waals surface area contributed by atoms with Gasteiger partial charge in [-0.25, -0.2) is 0 Å². The van der Waals surface area contributed by atoms with Gasteiger partial charge in [0.25, 0.3) is 11.8 Å². The lowest BCUT2D eigenvalue weighted by Crippen LogP contribution is -2.36. The zero-order valence-electron chi connectivity index (χ0n) is 14.2. The molecule has 0 aliphatic carbocycles. The molecule has 0 saturated heterocycles. The van der Waals surface area contributed by atoms with Gasteiger partial charge in [0.05, 0.1) is 18.4 Å². The van der Waals surface area contributed by atoms with Gasteiger partial charge in [0.15, 0.2) is 11.9 Å². The number of methoxy groups -OCH3 is 1. The third kappa shape index (κ3) is 3.57. The lowest BCUT2D eigenvalue weighted by atomic mass is 10.1. The van der Waals surface area contributed by atoms with Crippen molar-refractivity contribution in [2.45, 2.75) is 19.4 Å². The maximum Gasteiger partial charge on any atom is 0.265 e. The van der Waals surface area contributed by atoms with E-state index in [1.54, 1.807) is 32.2 Å². The molecule has 2 N–H and O–H groups in total. The molecule has 1 unspecified atom stereocenters. The van der Waals surface area contributed by atoms with Crippen molar-refractivity contribution in [3.05, 3.63) is 53.6 Å². The number of amides is 2. The fraction of sp³-hybridized carbons (Fsp3) is 0.263. The standard InChI is InChI=1S/C19H20N2O4/c1-12-18(22)21-15-8-5-7-14(17(15)25-12)19(23)20-11-10-13-6-3-4-9-16(13)24-2/h3-9,12H,10-11H2,1-2H3,(H,20,23)(H,21,22). The molecular formula is C19H20N2O4. The van der Waals surface area contributed by atoms with Gasteiger partial charge in [-0.05, 0) is 37.1 Å². The van der Waals surface area contributed by atoms with E-state index >= 15 is 0 Å². The molecule has 1 heterocycles. The molecule has 130 valence electrons. The second-order valence-corrected chi connectivity index (χ2v) is 5.75. The molecule has 1 atom stereocenters. The first kappa shape index (κ1) is 16.8. The Balaban J connectivity index is 1.68. The van der Waals surface area contributed by atoms with Crippen LogP contribution in [0.5, 0.6) is 11.5 Å². The van der Waals surface area contributed by atoms with E-state index in [2.05, 4.69) is 10.6 Å². The molecule has 6 nitrogen and oxygen atoms in total. The molecule has 0 aromatic heterocycles. The van der Waals surface area contributed by atoms with Crippen LogP contribution < -0.4 is 20.1 Å². The van der Waals surface area contributed by atoms with E-state index in [1.807, 2.05) is 24.3 Å². The minimum atomic E-state index is -0.630. The quantitative estimate of drug-likeness (QED) is 0.876.